The molecule has 0 aromatic heterocycles. The minimum atomic E-state index is -0.483. The first-order chi connectivity index (χ1) is 17.4. The minimum absolute atomic E-state index is 0.108. The number of allylic oxidation sites excluding steroid dienone is 1. The smallest absolute Gasteiger partial charge is 0.255 e. The number of amides is 2. The first kappa shape index (κ1) is 25.3. The number of nitrogens with zero attached hydrogens (tertiary/aromatic N) is 1. The van der Waals surface area contributed by atoms with Crippen LogP contribution in [0.15, 0.2) is 101 Å². The van der Waals surface area contributed by atoms with E-state index in [1.165, 1.54) is 11.8 Å². The van der Waals surface area contributed by atoms with Crippen LogP contribution >= 0.6 is 11.8 Å². The molecule has 0 bridgehead atoms. The number of carbonyl (C=O) groups is 2. The number of aliphatic imine (C=N–C) groups is 1. The summed E-state index contributed by atoms with van der Waals surface area (Å²) in [6.45, 7) is 6.07. The van der Waals surface area contributed by atoms with Gasteiger partial charge in [0.2, 0.25) is 5.91 Å². The summed E-state index contributed by atoms with van der Waals surface area (Å²) < 4.78 is 0. The molecular formula is C29H30N4O2S. The lowest BCUT2D eigenvalue weighted by molar-refractivity contribution is -0.114. The number of thioether (sulfide) groups is 1. The van der Waals surface area contributed by atoms with Crippen molar-refractivity contribution in [2.75, 3.05) is 16.4 Å². The molecule has 7 heteroatoms. The number of amidine groups is 1. The Kier molecular flexibility index (Phi) is 8.23. The predicted octanol–water partition coefficient (Wildman–Crippen LogP) is 6.09. The second-order valence-electron chi connectivity index (χ2n) is 8.81. The van der Waals surface area contributed by atoms with Crippen LogP contribution in [0.5, 0.6) is 0 Å². The Bertz CT molecular complexity index is 1290. The van der Waals surface area contributed by atoms with E-state index in [9.17, 15) is 9.59 Å². The molecule has 0 spiro atoms. The van der Waals surface area contributed by atoms with Gasteiger partial charge in [0, 0.05) is 17.1 Å². The zero-order chi connectivity index (χ0) is 25.5. The zero-order valence-electron chi connectivity index (χ0n) is 20.6. The first-order valence-corrected chi connectivity index (χ1v) is 12.9. The molecule has 0 radical (unpaired) electrons. The van der Waals surface area contributed by atoms with E-state index in [1.54, 1.807) is 0 Å². The molecule has 3 aromatic rings. The van der Waals surface area contributed by atoms with E-state index in [0.29, 0.717) is 22.4 Å². The first-order valence-electron chi connectivity index (χ1n) is 11.9. The Balaban J connectivity index is 1.50. The van der Waals surface area contributed by atoms with Crippen molar-refractivity contribution in [3.05, 3.63) is 107 Å². The lowest BCUT2D eigenvalue weighted by atomic mass is 9.96. The van der Waals surface area contributed by atoms with Gasteiger partial charge in [-0.2, -0.15) is 0 Å². The molecule has 0 saturated carbocycles. The Labute approximate surface area is 216 Å². The second-order valence-corrected chi connectivity index (χ2v) is 9.77. The van der Waals surface area contributed by atoms with E-state index in [4.69, 9.17) is 4.99 Å². The molecule has 36 heavy (non-hydrogen) atoms. The second kappa shape index (κ2) is 11.7. The SMILES string of the molecule is CC1=C(C(=O)Nc2ccccc2)[C@H](c2ccccc2)N=C(SCC(=O)Nc2ccccc2C(C)C)N1. The third-order valence-electron chi connectivity index (χ3n) is 5.81. The van der Waals surface area contributed by atoms with Gasteiger partial charge in [0.1, 0.15) is 6.04 Å². The number of benzene rings is 3. The number of hydrogen-bond acceptors (Lipinski definition) is 5. The molecule has 0 aliphatic carbocycles. The number of nitrogens with one attached hydrogen (secondary N) is 3. The molecule has 0 fully saturated rings. The van der Waals surface area contributed by atoms with Crippen molar-refractivity contribution in [2.24, 2.45) is 4.99 Å². The summed E-state index contributed by atoms with van der Waals surface area (Å²) in [6, 6.07) is 26.4. The fourth-order valence-electron chi connectivity index (χ4n) is 4.05. The van der Waals surface area contributed by atoms with Crippen LogP contribution in [0.4, 0.5) is 11.4 Å². The van der Waals surface area contributed by atoms with Gasteiger partial charge < -0.3 is 16.0 Å². The van der Waals surface area contributed by atoms with Crippen LogP contribution in [-0.2, 0) is 9.59 Å². The van der Waals surface area contributed by atoms with Crippen molar-refractivity contribution in [2.45, 2.75) is 32.7 Å². The van der Waals surface area contributed by atoms with E-state index in [2.05, 4.69) is 29.8 Å². The largest absolute Gasteiger partial charge is 0.338 e. The van der Waals surface area contributed by atoms with Crippen molar-refractivity contribution in [1.82, 2.24) is 5.32 Å². The summed E-state index contributed by atoms with van der Waals surface area (Å²) in [7, 11) is 0. The summed E-state index contributed by atoms with van der Waals surface area (Å²) in [5, 5.41) is 9.83. The van der Waals surface area contributed by atoms with E-state index >= 15 is 0 Å². The molecule has 184 valence electrons. The molecular weight excluding hydrogens is 468 g/mol. The van der Waals surface area contributed by atoms with E-state index in [1.807, 2.05) is 91.9 Å². The normalized spacial score (nSPS) is 15.2. The summed E-state index contributed by atoms with van der Waals surface area (Å²) in [6.07, 6.45) is 0. The van der Waals surface area contributed by atoms with Crippen molar-refractivity contribution in [3.63, 3.8) is 0 Å². The molecule has 1 heterocycles. The Morgan fingerprint density at radius 1 is 0.917 bits per heavy atom. The minimum Gasteiger partial charge on any atom is -0.338 e. The fourth-order valence-corrected chi connectivity index (χ4v) is 4.79. The molecule has 1 atom stereocenters. The van der Waals surface area contributed by atoms with Crippen molar-refractivity contribution in [3.8, 4) is 0 Å². The molecule has 4 rings (SSSR count). The fraction of sp³-hybridized carbons (Fsp3) is 0.207. The van der Waals surface area contributed by atoms with Crippen LogP contribution in [0.25, 0.3) is 0 Å². The van der Waals surface area contributed by atoms with Gasteiger partial charge in [-0.05, 0) is 42.2 Å². The standard InChI is InChI=1S/C29H30N4O2S/c1-19(2)23-16-10-11-17-24(23)32-25(34)18-36-29-30-20(3)26(27(33-29)21-12-6-4-7-13-21)28(35)31-22-14-8-5-9-15-22/h4-17,19,27H,18H2,1-3H3,(H,30,33)(H,31,35)(H,32,34)/t27-/m0/s1. The van der Waals surface area contributed by atoms with Gasteiger partial charge in [0.05, 0.1) is 11.3 Å². The average molecular weight is 499 g/mol. The van der Waals surface area contributed by atoms with Gasteiger partial charge >= 0.3 is 0 Å². The monoisotopic (exact) mass is 498 g/mol. The quantitative estimate of drug-likeness (QED) is 0.368. The maximum Gasteiger partial charge on any atom is 0.255 e. The number of anilines is 2. The lowest BCUT2D eigenvalue weighted by Crippen LogP contribution is -2.32. The van der Waals surface area contributed by atoms with Crippen molar-refractivity contribution >= 4 is 40.1 Å². The maximum absolute atomic E-state index is 13.3. The summed E-state index contributed by atoms with van der Waals surface area (Å²) in [5.41, 5.74) is 4.81. The number of carbonyl (C=O) groups excluding carboxylic acids is 2. The highest BCUT2D eigenvalue weighted by Crippen LogP contribution is 2.33. The van der Waals surface area contributed by atoms with Crippen LogP contribution in [-0.4, -0.2) is 22.7 Å². The van der Waals surface area contributed by atoms with Gasteiger partial charge in [-0.3, -0.25) is 9.59 Å². The highest BCUT2D eigenvalue weighted by Gasteiger charge is 2.29. The number of rotatable bonds is 7. The third-order valence-corrected chi connectivity index (χ3v) is 6.69. The van der Waals surface area contributed by atoms with E-state index in [0.717, 1.165) is 22.5 Å². The molecule has 0 saturated heterocycles. The Morgan fingerprint density at radius 2 is 1.56 bits per heavy atom. The molecule has 0 unspecified atom stereocenters. The van der Waals surface area contributed by atoms with Crippen LogP contribution < -0.4 is 16.0 Å². The predicted molar refractivity (Wildman–Crippen MR) is 149 cm³/mol. The average Bonchev–Trinajstić information content (AvgIpc) is 2.88. The molecule has 1 aliphatic rings. The Hall–Kier alpha value is -3.84. The molecule has 1 aliphatic heterocycles. The maximum atomic E-state index is 13.3. The topological polar surface area (TPSA) is 82.6 Å². The van der Waals surface area contributed by atoms with Gasteiger partial charge in [-0.15, -0.1) is 0 Å². The highest BCUT2D eigenvalue weighted by atomic mass is 32.2. The van der Waals surface area contributed by atoms with Gasteiger partial charge in [0.15, 0.2) is 5.17 Å². The molecule has 2 amide bonds. The van der Waals surface area contributed by atoms with Crippen LogP contribution in [0, 0.1) is 0 Å². The van der Waals surface area contributed by atoms with E-state index in [-0.39, 0.29) is 17.6 Å². The number of hydrogen-bond donors (Lipinski definition) is 3. The van der Waals surface area contributed by atoms with Crippen LogP contribution in [0.3, 0.4) is 0 Å². The molecule has 3 N–H and O–H groups in total. The van der Waals surface area contributed by atoms with Gasteiger partial charge in [-0.25, -0.2) is 4.99 Å². The molecule has 6 nitrogen and oxygen atoms in total. The van der Waals surface area contributed by atoms with Crippen LogP contribution in [0.2, 0.25) is 0 Å². The number of para-hydroxylation sites is 2. The van der Waals surface area contributed by atoms with Crippen LogP contribution in [0.1, 0.15) is 43.9 Å². The summed E-state index contributed by atoms with van der Waals surface area (Å²) in [5.74, 6) is 0.177. The molecule has 3 aromatic carbocycles. The third kappa shape index (κ3) is 6.23. The lowest BCUT2D eigenvalue weighted by Gasteiger charge is -2.26. The van der Waals surface area contributed by atoms with E-state index < -0.39 is 6.04 Å². The van der Waals surface area contributed by atoms with Gasteiger partial charge in [-0.1, -0.05) is 92.3 Å². The van der Waals surface area contributed by atoms with Crippen molar-refractivity contribution in [1.29, 1.82) is 0 Å². The van der Waals surface area contributed by atoms with Crippen molar-refractivity contribution < 1.29 is 9.59 Å². The highest BCUT2D eigenvalue weighted by molar-refractivity contribution is 8.14. The van der Waals surface area contributed by atoms with Gasteiger partial charge in [0.25, 0.3) is 5.91 Å². The zero-order valence-corrected chi connectivity index (χ0v) is 21.4. The Morgan fingerprint density at radius 3 is 2.25 bits per heavy atom. The summed E-state index contributed by atoms with van der Waals surface area (Å²) in [4.78, 5) is 30.9. The summed E-state index contributed by atoms with van der Waals surface area (Å²) >= 11 is 1.32.